The van der Waals surface area contributed by atoms with Gasteiger partial charge in [-0.3, -0.25) is 9.80 Å². The molecule has 0 aliphatic carbocycles. The maximum Gasteiger partial charge on any atom is 0.0225 e. The molecule has 0 aromatic carbocycles. The molecule has 2 rings (SSSR count). The van der Waals surface area contributed by atoms with Gasteiger partial charge < -0.3 is 5.32 Å². The fraction of sp³-hybridized carbons (Fsp3) is 1.00. The molecular formula is C16H33N3. The Kier molecular flexibility index (Phi) is 5.27. The van der Waals surface area contributed by atoms with Gasteiger partial charge in [-0.15, -0.1) is 0 Å². The Bertz CT molecular complexity index is 269. The minimum absolute atomic E-state index is 0.402. The van der Waals surface area contributed by atoms with Crippen molar-refractivity contribution >= 4 is 0 Å². The Labute approximate surface area is 119 Å². The topological polar surface area (TPSA) is 18.5 Å². The molecule has 0 amide bonds. The van der Waals surface area contributed by atoms with Gasteiger partial charge in [0.1, 0.15) is 0 Å². The van der Waals surface area contributed by atoms with E-state index in [2.05, 4.69) is 42.8 Å². The van der Waals surface area contributed by atoms with Gasteiger partial charge >= 0.3 is 0 Å². The number of nitrogens with one attached hydrogen (secondary N) is 1. The summed E-state index contributed by atoms with van der Waals surface area (Å²) in [4.78, 5) is 5.47. The third kappa shape index (κ3) is 4.17. The van der Waals surface area contributed by atoms with Crippen molar-refractivity contribution in [2.75, 3.05) is 39.3 Å². The summed E-state index contributed by atoms with van der Waals surface area (Å²) in [5, 5.41) is 3.47. The van der Waals surface area contributed by atoms with Gasteiger partial charge in [-0.05, 0) is 45.6 Å². The highest BCUT2D eigenvalue weighted by Gasteiger charge is 2.36. The molecule has 1 atom stereocenters. The van der Waals surface area contributed by atoms with Crippen LogP contribution in [0.25, 0.3) is 0 Å². The van der Waals surface area contributed by atoms with E-state index < -0.39 is 0 Å². The standard InChI is InChI=1S/C16H33N3/c1-14(2)6-10-19-13-15(5-7-16(19,3)4)18-11-8-17-9-12-18/h14-15,17H,5-13H2,1-4H3. The van der Waals surface area contributed by atoms with Crippen LogP contribution in [0.1, 0.15) is 47.0 Å². The van der Waals surface area contributed by atoms with E-state index in [1.54, 1.807) is 0 Å². The first-order valence-electron chi connectivity index (χ1n) is 8.19. The molecule has 0 bridgehead atoms. The predicted molar refractivity (Wildman–Crippen MR) is 82.6 cm³/mol. The third-order valence-corrected chi connectivity index (χ3v) is 5.02. The molecular weight excluding hydrogens is 234 g/mol. The highest BCUT2D eigenvalue weighted by Crippen LogP contribution is 2.30. The van der Waals surface area contributed by atoms with Crippen LogP contribution in [0.4, 0.5) is 0 Å². The fourth-order valence-electron chi connectivity index (χ4n) is 3.42. The molecule has 112 valence electrons. The van der Waals surface area contributed by atoms with Crippen LogP contribution in [0.15, 0.2) is 0 Å². The Morgan fingerprint density at radius 2 is 1.89 bits per heavy atom. The zero-order chi connectivity index (χ0) is 13.9. The van der Waals surface area contributed by atoms with Crippen molar-refractivity contribution in [1.29, 1.82) is 0 Å². The van der Waals surface area contributed by atoms with Crippen molar-refractivity contribution in [1.82, 2.24) is 15.1 Å². The minimum atomic E-state index is 0.402. The van der Waals surface area contributed by atoms with Crippen molar-refractivity contribution in [2.45, 2.75) is 58.5 Å². The maximum absolute atomic E-state index is 3.47. The number of rotatable bonds is 4. The second-order valence-electron chi connectivity index (χ2n) is 7.42. The van der Waals surface area contributed by atoms with E-state index in [0.717, 1.165) is 12.0 Å². The molecule has 2 aliphatic heterocycles. The van der Waals surface area contributed by atoms with Gasteiger partial charge in [0.25, 0.3) is 0 Å². The molecule has 2 saturated heterocycles. The maximum atomic E-state index is 3.47. The van der Waals surface area contributed by atoms with Crippen molar-refractivity contribution < 1.29 is 0 Å². The Balaban J connectivity index is 1.91. The molecule has 0 spiro atoms. The number of hydrogen-bond donors (Lipinski definition) is 1. The SMILES string of the molecule is CC(C)CCN1CC(N2CCNCC2)CCC1(C)C. The molecule has 0 aromatic heterocycles. The molecule has 3 nitrogen and oxygen atoms in total. The van der Waals surface area contributed by atoms with Gasteiger partial charge in [0.05, 0.1) is 0 Å². The van der Waals surface area contributed by atoms with Gasteiger partial charge in [0.15, 0.2) is 0 Å². The second-order valence-corrected chi connectivity index (χ2v) is 7.42. The monoisotopic (exact) mass is 267 g/mol. The largest absolute Gasteiger partial charge is 0.314 e. The number of nitrogens with zero attached hydrogens (tertiary/aromatic N) is 2. The first kappa shape index (κ1) is 15.3. The molecule has 2 fully saturated rings. The average Bonchev–Trinajstić information content (AvgIpc) is 2.38. The lowest BCUT2D eigenvalue weighted by molar-refractivity contribution is 0.00971. The molecule has 1 unspecified atom stereocenters. The van der Waals surface area contributed by atoms with Gasteiger partial charge in [-0.2, -0.15) is 0 Å². The van der Waals surface area contributed by atoms with E-state index in [0.29, 0.717) is 5.54 Å². The van der Waals surface area contributed by atoms with Crippen molar-refractivity contribution in [2.24, 2.45) is 5.92 Å². The van der Waals surface area contributed by atoms with E-state index >= 15 is 0 Å². The Hall–Kier alpha value is -0.120. The first-order chi connectivity index (χ1) is 8.99. The molecule has 0 aromatic rings. The smallest absolute Gasteiger partial charge is 0.0225 e. The van der Waals surface area contributed by atoms with Crippen LogP contribution in [-0.2, 0) is 0 Å². The predicted octanol–water partition coefficient (Wildman–Crippen LogP) is 2.18. The molecule has 2 heterocycles. The van der Waals surface area contributed by atoms with Crippen LogP contribution >= 0.6 is 0 Å². The van der Waals surface area contributed by atoms with Crippen LogP contribution in [0.5, 0.6) is 0 Å². The normalized spacial score (nSPS) is 29.8. The summed E-state index contributed by atoms with van der Waals surface area (Å²) in [6.45, 7) is 16.9. The lowest BCUT2D eigenvalue weighted by atomic mass is 9.86. The molecule has 2 aliphatic rings. The number of hydrogen-bond acceptors (Lipinski definition) is 3. The summed E-state index contributed by atoms with van der Waals surface area (Å²) in [7, 11) is 0. The van der Waals surface area contributed by atoms with Crippen LogP contribution in [0.3, 0.4) is 0 Å². The first-order valence-corrected chi connectivity index (χ1v) is 8.19. The Morgan fingerprint density at radius 3 is 2.53 bits per heavy atom. The highest BCUT2D eigenvalue weighted by atomic mass is 15.3. The molecule has 19 heavy (non-hydrogen) atoms. The second kappa shape index (κ2) is 6.55. The van der Waals surface area contributed by atoms with Crippen LogP contribution in [-0.4, -0.2) is 60.6 Å². The van der Waals surface area contributed by atoms with E-state index in [1.807, 2.05) is 0 Å². The third-order valence-electron chi connectivity index (χ3n) is 5.02. The number of piperidine rings is 1. The molecule has 0 saturated carbocycles. The summed E-state index contributed by atoms with van der Waals surface area (Å²) in [6, 6.07) is 0.794. The summed E-state index contributed by atoms with van der Waals surface area (Å²) in [6.07, 6.45) is 4.06. The number of piperazine rings is 1. The van der Waals surface area contributed by atoms with E-state index in [4.69, 9.17) is 0 Å². The van der Waals surface area contributed by atoms with Crippen LogP contribution in [0, 0.1) is 5.92 Å². The van der Waals surface area contributed by atoms with Crippen molar-refractivity contribution in [3.05, 3.63) is 0 Å². The molecule has 1 N–H and O–H groups in total. The quantitative estimate of drug-likeness (QED) is 0.842. The zero-order valence-corrected chi connectivity index (χ0v) is 13.4. The minimum Gasteiger partial charge on any atom is -0.314 e. The summed E-state index contributed by atoms with van der Waals surface area (Å²) >= 11 is 0. The van der Waals surface area contributed by atoms with Crippen LogP contribution < -0.4 is 5.32 Å². The zero-order valence-electron chi connectivity index (χ0n) is 13.4. The van der Waals surface area contributed by atoms with E-state index in [1.165, 1.54) is 58.5 Å². The van der Waals surface area contributed by atoms with Crippen molar-refractivity contribution in [3.63, 3.8) is 0 Å². The van der Waals surface area contributed by atoms with Gasteiger partial charge in [0.2, 0.25) is 0 Å². The van der Waals surface area contributed by atoms with Crippen molar-refractivity contribution in [3.8, 4) is 0 Å². The lowest BCUT2D eigenvalue weighted by Crippen LogP contribution is -2.59. The summed E-state index contributed by atoms with van der Waals surface area (Å²) in [5.74, 6) is 0.815. The fourth-order valence-corrected chi connectivity index (χ4v) is 3.42. The lowest BCUT2D eigenvalue weighted by Gasteiger charge is -2.49. The molecule has 0 radical (unpaired) electrons. The Morgan fingerprint density at radius 1 is 1.21 bits per heavy atom. The summed E-state index contributed by atoms with van der Waals surface area (Å²) in [5.41, 5.74) is 0.402. The average molecular weight is 267 g/mol. The highest BCUT2D eigenvalue weighted by molar-refractivity contribution is 4.93. The van der Waals surface area contributed by atoms with E-state index in [-0.39, 0.29) is 0 Å². The van der Waals surface area contributed by atoms with Gasteiger partial charge in [0, 0.05) is 44.3 Å². The van der Waals surface area contributed by atoms with Gasteiger partial charge in [-0.1, -0.05) is 13.8 Å². The molecule has 3 heteroatoms. The van der Waals surface area contributed by atoms with Gasteiger partial charge in [-0.25, -0.2) is 0 Å². The van der Waals surface area contributed by atoms with E-state index in [9.17, 15) is 0 Å². The number of likely N-dealkylation sites (tertiary alicyclic amines) is 1. The van der Waals surface area contributed by atoms with Crippen LogP contribution in [0.2, 0.25) is 0 Å². The summed E-state index contributed by atoms with van der Waals surface area (Å²) < 4.78 is 0.